The number of rotatable bonds is 4. The van der Waals surface area contributed by atoms with Gasteiger partial charge in [0.05, 0.1) is 12.5 Å². The van der Waals surface area contributed by atoms with Crippen molar-refractivity contribution < 1.29 is 4.42 Å². The Labute approximate surface area is 96.6 Å². The summed E-state index contributed by atoms with van der Waals surface area (Å²) < 4.78 is 9.44. The molecule has 2 aromatic heterocycles. The standard InChI is InChI=1S/C9H10ClN3OS/c1-13(4-7-2-3-14-6-7)5-8-9(10)15-12-11-8/h2-3,6H,4-5H2,1H3. The van der Waals surface area contributed by atoms with Gasteiger partial charge in [0.1, 0.15) is 10.0 Å². The molecule has 4 nitrogen and oxygen atoms in total. The van der Waals surface area contributed by atoms with Crippen LogP contribution in [0.2, 0.25) is 4.34 Å². The molecule has 0 aliphatic carbocycles. The molecule has 0 spiro atoms. The lowest BCUT2D eigenvalue weighted by molar-refractivity contribution is 0.314. The Bertz CT molecular complexity index is 415. The number of hydrogen-bond acceptors (Lipinski definition) is 5. The van der Waals surface area contributed by atoms with Crippen molar-refractivity contribution in [3.05, 3.63) is 34.2 Å². The summed E-state index contributed by atoms with van der Waals surface area (Å²) in [5.74, 6) is 0. The van der Waals surface area contributed by atoms with Crippen molar-refractivity contribution in [2.45, 2.75) is 13.1 Å². The molecule has 2 aromatic rings. The summed E-state index contributed by atoms with van der Waals surface area (Å²) in [7, 11) is 2.00. The zero-order chi connectivity index (χ0) is 10.7. The van der Waals surface area contributed by atoms with Gasteiger partial charge in [0.2, 0.25) is 0 Å². The highest BCUT2D eigenvalue weighted by Crippen LogP contribution is 2.19. The predicted molar refractivity (Wildman–Crippen MR) is 58.8 cm³/mol. The highest BCUT2D eigenvalue weighted by atomic mass is 35.5. The molecule has 0 bridgehead atoms. The molecule has 15 heavy (non-hydrogen) atoms. The Balaban J connectivity index is 1.93. The van der Waals surface area contributed by atoms with Crippen LogP contribution < -0.4 is 0 Å². The van der Waals surface area contributed by atoms with Gasteiger partial charge in [-0.25, -0.2) is 0 Å². The van der Waals surface area contributed by atoms with Crippen molar-refractivity contribution in [2.75, 3.05) is 7.05 Å². The molecule has 0 aromatic carbocycles. The quantitative estimate of drug-likeness (QED) is 0.827. The van der Waals surface area contributed by atoms with Crippen molar-refractivity contribution in [3.63, 3.8) is 0 Å². The summed E-state index contributed by atoms with van der Waals surface area (Å²) in [6.07, 6.45) is 3.40. The molecule has 0 N–H and O–H groups in total. The van der Waals surface area contributed by atoms with E-state index in [1.807, 2.05) is 13.1 Å². The van der Waals surface area contributed by atoms with Gasteiger partial charge >= 0.3 is 0 Å². The third-order valence-corrected chi connectivity index (χ3v) is 2.95. The van der Waals surface area contributed by atoms with Crippen molar-refractivity contribution in [2.24, 2.45) is 0 Å². The second kappa shape index (κ2) is 4.74. The predicted octanol–water partition coefficient (Wildman–Crippen LogP) is 2.42. The second-order valence-electron chi connectivity index (χ2n) is 3.30. The molecule has 2 heterocycles. The van der Waals surface area contributed by atoms with Gasteiger partial charge < -0.3 is 4.42 Å². The van der Waals surface area contributed by atoms with E-state index in [9.17, 15) is 0 Å². The lowest BCUT2D eigenvalue weighted by atomic mass is 10.3. The molecule has 6 heteroatoms. The highest BCUT2D eigenvalue weighted by Gasteiger charge is 2.09. The average Bonchev–Trinajstić information content (AvgIpc) is 2.79. The summed E-state index contributed by atoms with van der Waals surface area (Å²) in [6.45, 7) is 1.50. The van der Waals surface area contributed by atoms with E-state index in [2.05, 4.69) is 14.5 Å². The van der Waals surface area contributed by atoms with E-state index in [1.165, 1.54) is 11.5 Å². The molecular formula is C9H10ClN3OS. The van der Waals surface area contributed by atoms with E-state index in [-0.39, 0.29) is 0 Å². The fourth-order valence-corrected chi connectivity index (χ4v) is 1.91. The van der Waals surface area contributed by atoms with Crippen LogP contribution in [0.4, 0.5) is 0 Å². The molecule has 0 atom stereocenters. The van der Waals surface area contributed by atoms with E-state index < -0.39 is 0 Å². The molecule has 0 amide bonds. The zero-order valence-electron chi connectivity index (χ0n) is 8.18. The van der Waals surface area contributed by atoms with Gasteiger partial charge in [-0.3, -0.25) is 4.90 Å². The molecule has 0 fully saturated rings. The van der Waals surface area contributed by atoms with E-state index in [4.69, 9.17) is 16.0 Å². The maximum atomic E-state index is 5.91. The monoisotopic (exact) mass is 243 g/mol. The zero-order valence-corrected chi connectivity index (χ0v) is 9.75. The highest BCUT2D eigenvalue weighted by molar-refractivity contribution is 7.10. The minimum Gasteiger partial charge on any atom is -0.472 e. The van der Waals surface area contributed by atoms with Crippen LogP contribution in [0, 0.1) is 0 Å². The third-order valence-electron chi connectivity index (χ3n) is 1.96. The summed E-state index contributed by atoms with van der Waals surface area (Å²) in [4.78, 5) is 2.10. The first-order valence-electron chi connectivity index (χ1n) is 4.42. The Morgan fingerprint density at radius 1 is 1.53 bits per heavy atom. The van der Waals surface area contributed by atoms with Crippen LogP contribution >= 0.6 is 23.1 Å². The van der Waals surface area contributed by atoms with Crippen molar-refractivity contribution in [1.29, 1.82) is 0 Å². The molecule has 0 saturated heterocycles. The van der Waals surface area contributed by atoms with Gasteiger partial charge in [-0.15, -0.1) is 5.10 Å². The summed E-state index contributed by atoms with van der Waals surface area (Å²) in [5.41, 5.74) is 1.96. The van der Waals surface area contributed by atoms with Crippen LogP contribution in [-0.4, -0.2) is 21.5 Å². The largest absolute Gasteiger partial charge is 0.472 e. The van der Waals surface area contributed by atoms with Crippen molar-refractivity contribution >= 4 is 23.1 Å². The Kier molecular flexibility index (Phi) is 3.35. The Morgan fingerprint density at radius 3 is 3.00 bits per heavy atom. The second-order valence-corrected chi connectivity index (χ2v) is 4.65. The molecule has 0 aliphatic rings. The smallest absolute Gasteiger partial charge is 0.138 e. The third kappa shape index (κ3) is 2.77. The molecule has 0 radical (unpaired) electrons. The first kappa shape index (κ1) is 10.6. The van der Waals surface area contributed by atoms with Crippen LogP contribution in [0.15, 0.2) is 23.0 Å². The molecule has 0 saturated carbocycles. The first-order chi connectivity index (χ1) is 7.25. The summed E-state index contributed by atoms with van der Waals surface area (Å²) >= 11 is 7.13. The molecule has 80 valence electrons. The van der Waals surface area contributed by atoms with Crippen LogP contribution in [0.3, 0.4) is 0 Å². The normalized spacial score (nSPS) is 11.1. The molecule has 0 unspecified atom stereocenters. The van der Waals surface area contributed by atoms with Gasteiger partial charge in [-0.2, -0.15) is 0 Å². The maximum absolute atomic E-state index is 5.91. The van der Waals surface area contributed by atoms with Crippen molar-refractivity contribution in [1.82, 2.24) is 14.5 Å². The first-order valence-corrected chi connectivity index (χ1v) is 5.57. The maximum Gasteiger partial charge on any atom is 0.138 e. The fraction of sp³-hybridized carbons (Fsp3) is 0.333. The molecular weight excluding hydrogens is 234 g/mol. The van der Waals surface area contributed by atoms with Gasteiger partial charge in [0, 0.05) is 30.2 Å². The van der Waals surface area contributed by atoms with E-state index in [0.29, 0.717) is 10.9 Å². The number of nitrogens with zero attached hydrogens (tertiary/aromatic N) is 3. The fourth-order valence-electron chi connectivity index (χ4n) is 1.30. The molecule has 0 aliphatic heterocycles. The van der Waals surface area contributed by atoms with Crippen LogP contribution in [0.1, 0.15) is 11.3 Å². The topological polar surface area (TPSA) is 42.2 Å². The van der Waals surface area contributed by atoms with Gasteiger partial charge in [0.25, 0.3) is 0 Å². The lowest BCUT2D eigenvalue weighted by Crippen LogP contribution is -2.17. The lowest BCUT2D eigenvalue weighted by Gasteiger charge is -2.13. The Hall–Kier alpha value is -0.910. The van der Waals surface area contributed by atoms with Crippen LogP contribution in [0.25, 0.3) is 0 Å². The van der Waals surface area contributed by atoms with Crippen LogP contribution in [-0.2, 0) is 13.1 Å². The summed E-state index contributed by atoms with van der Waals surface area (Å²) in [6, 6.07) is 1.94. The van der Waals surface area contributed by atoms with E-state index in [0.717, 1.165) is 17.8 Å². The SMILES string of the molecule is CN(Cc1ccoc1)Cc1nnsc1Cl. The number of furan rings is 1. The molecule has 2 rings (SSSR count). The van der Waals surface area contributed by atoms with Crippen LogP contribution in [0.5, 0.6) is 0 Å². The van der Waals surface area contributed by atoms with Gasteiger partial charge in [-0.1, -0.05) is 16.1 Å². The minimum atomic E-state index is 0.661. The summed E-state index contributed by atoms with van der Waals surface area (Å²) in [5, 5.41) is 3.96. The number of halogens is 1. The Morgan fingerprint density at radius 2 is 2.40 bits per heavy atom. The van der Waals surface area contributed by atoms with Crippen molar-refractivity contribution in [3.8, 4) is 0 Å². The van der Waals surface area contributed by atoms with Gasteiger partial charge in [0.15, 0.2) is 0 Å². The minimum absolute atomic E-state index is 0.661. The van der Waals surface area contributed by atoms with E-state index in [1.54, 1.807) is 12.5 Å². The number of hydrogen-bond donors (Lipinski definition) is 0. The average molecular weight is 244 g/mol. The van der Waals surface area contributed by atoms with E-state index >= 15 is 0 Å². The van der Waals surface area contributed by atoms with Gasteiger partial charge in [-0.05, 0) is 13.1 Å². The number of aromatic nitrogens is 2.